The van der Waals surface area contributed by atoms with Crippen molar-refractivity contribution >= 4 is 19.8 Å². The predicted molar refractivity (Wildman–Crippen MR) is 245 cm³/mol. The number of unbranched alkanes of at least 4 members (excludes halogenated alkanes) is 26. The van der Waals surface area contributed by atoms with Crippen molar-refractivity contribution in [2.24, 2.45) is 5.73 Å². The Morgan fingerprint density at radius 3 is 1.42 bits per heavy atom. The number of rotatable bonds is 46. The number of phosphoric ester groups is 1. The average Bonchev–Trinajstić information content (AvgIpc) is 3.21. The second kappa shape index (κ2) is 44.3. The van der Waals surface area contributed by atoms with Crippen LogP contribution in [0, 0.1) is 0 Å². The molecular formula is C48H90NO9P. The van der Waals surface area contributed by atoms with Gasteiger partial charge in [0.25, 0.3) is 0 Å². The molecule has 0 aromatic rings. The smallest absolute Gasteiger partial charge is 0.472 e. The minimum Gasteiger partial charge on any atom is -0.480 e. The molecule has 0 heterocycles. The summed E-state index contributed by atoms with van der Waals surface area (Å²) in [5.74, 6) is -1.78. The minimum atomic E-state index is -4.62. The number of carbonyl (C=O) groups is 2. The monoisotopic (exact) mass is 856 g/mol. The highest BCUT2D eigenvalue weighted by Gasteiger charge is 2.27. The fourth-order valence-electron chi connectivity index (χ4n) is 6.63. The normalized spacial score (nSPS) is 14.1. The molecule has 10 nitrogen and oxygen atoms in total. The van der Waals surface area contributed by atoms with Gasteiger partial charge in [-0.3, -0.25) is 18.6 Å². The average molecular weight is 856 g/mol. The summed E-state index contributed by atoms with van der Waals surface area (Å²) in [6, 6.07) is -1.48. The highest BCUT2D eigenvalue weighted by Crippen LogP contribution is 2.43. The molecule has 0 spiro atoms. The van der Waals surface area contributed by atoms with Gasteiger partial charge >= 0.3 is 19.8 Å². The maximum absolute atomic E-state index is 12.7. The first-order valence-corrected chi connectivity index (χ1v) is 25.5. The Hall–Kier alpha value is -1.81. The molecule has 0 saturated heterocycles. The lowest BCUT2D eigenvalue weighted by Crippen LogP contribution is -2.34. The van der Waals surface area contributed by atoms with Gasteiger partial charge in [-0.2, -0.15) is 0 Å². The standard InChI is InChI=1S/C48H90NO9P/c1-3-5-7-9-11-13-15-17-19-21-22-23-24-25-26-28-30-32-34-36-38-40-47(50)58-45(43-56-59(53,54)57-44-46(49)48(51)52)42-55-41-39-37-35-33-31-29-27-20-18-16-14-12-10-8-6-4-2/h12,14,18,20-22,45-46H,3-11,13,15-17,19,23-44,49H2,1-2H3,(H,51,52)(H,53,54)/b14-12-,20-18-,22-21-. The van der Waals surface area contributed by atoms with Crippen molar-refractivity contribution in [1.29, 1.82) is 0 Å². The van der Waals surface area contributed by atoms with Gasteiger partial charge < -0.3 is 25.2 Å². The topological polar surface area (TPSA) is 155 Å². The van der Waals surface area contributed by atoms with Crippen LogP contribution in [0.1, 0.15) is 219 Å². The summed E-state index contributed by atoms with van der Waals surface area (Å²) in [5, 5.41) is 8.91. The zero-order valence-corrected chi connectivity index (χ0v) is 38.7. The molecule has 0 radical (unpaired) electrons. The molecule has 0 amide bonds. The summed E-state index contributed by atoms with van der Waals surface area (Å²) in [7, 11) is -4.62. The third-order valence-corrected chi connectivity index (χ3v) is 11.3. The second-order valence-electron chi connectivity index (χ2n) is 16.2. The number of carboxylic acid groups (broad SMARTS) is 1. The number of hydrogen-bond acceptors (Lipinski definition) is 8. The van der Waals surface area contributed by atoms with Crippen molar-refractivity contribution in [2.75, 3.05) is 26.4 Å². The predicted octanol–water partition coefficient (Wildman–Crippen LogP) is 13.7. The van der Waals surface area contributed by atoms with Crippen molar-refractivity contribution < 1.29 is 42.7 Å². The minimum absolute atomic E-state index is 0.0102. The number of hydrogen-bond donors (Lipinski definition) is 3. The number of aliphatic carboxylic acids is 1. The van der Waals surface area contributed by atoms with Crippen molar-refractivity contribution in [3.8, 4) is 0 Å². The summed E-state index contributed by atoms with van der Waals surface area (Å²) in [4.78, 5) is 33.6. The molecule has 59 heavy (non-hydrogen) atoms. The fourth-order valence-corrected chi connectivity index (χ4v) is 7.41. The lowest BCUT2D eigenvalue weighted by molar-refractivity contribution is -0.154. The zero-order chi connectivity index (χ0) is 43.3. The van der Waals surface area contributed by atoms with Crippen LogP contribution in [0.2, 0.25) is 0 Å². The van der Waals surface area contributed by atoms with Crippen LogP contribution in [0.3, 0.4) is 0 Å². The maximum atomic E-state index is 12.7. The Labute approximate surface area is 361 Å². The second-order valence-corrected chi connectivity index (χ2v) is 17.7. The molecular weight excluding hydrogens is 765 g/mol. The van der Waals surface area contributed by atoms with Crippen molar-refractivity contribution in [1.82, 2.24) is 0 Å². The highest BCUT2D eigenvalue weighted by atomic mass is 31.2. The highest BCUT2D eigenvalue weighted by molar-refractivity contribution is 7.47. The first-order chi connectivity index (χ1) is 28.7. The first-order valence-electron chi connectivity index (χ1n) is 24.0. The van der Waals surface area contributed by atoms with E-state index in [-0.39, 0.29) is 13.0 Å². The third kappa shape index (κ3) is 44.1. The molecule has 0 bridgehead atoms. The van der Waals surface area contributed by atoms with Gasteiger partial charge in [-0.05, 0) is 70.6 Å². The van der Waals surface area contributed by atoms with Gasteiger partial charge in [0.15, 0.2) is 0 Å². The molecule has 3 atom stereocenters. The Bertz CT molecular complexity index is 1080. The molecule has 0 aliphatic rings. The Balaban J connectivity index is 4.18. The van der Waals surface area contributed by atoms with Crippen molar-refractivity contribution in [3.63, 3.8) is 0 Å². The molecule has 0 aromatic heterocycles. The Morgan fingerprint density at radius 1 is 0.542 bits per heavy atom. The molecule has 346 valence electrons. The van der Waals surface area contributed by atoms with E-state index in [4.69, 9.17) is 29.4 Å². The molecule has 0 fully saturated rings. The Kier molecular flexibility index (Phi) is 42.9. The maximum Gasteiger partial charge on any atom is 0.472 e. The van der Waals surface area contributed by atoms with E-state index in [9.17, 15) is 19.0 Å². The van der Waals surface area contributed by atoms with Crippen LogP contribution in [0.25, 0.3) is 0 Å². The van der Waals surface area contributed by atoms with Crippen LogP contribution in [0.5, 0.6) is 0 Å². The summed E-state index contributed by atoms with van der Waals surface area (Å²) in [6.45, 7) is 3.85. The summed E-state index contributed by atoms with van der Waals surface area (Å²) in [6.07, 6.45) is 50.5. The molecule has 11 heteroatoms. The summed E-state index contributed by atoms with van der Waals surface area (Å²) in [5.41, 5.74) is 5.36. The van der Waals surface area contributed by atoms with Gasteiger partial charge in [0.05, 0.1) is 19.8 Å². The van der Waals surface area contributed by atoms with Crippen LogP contribution in [-0.4, -0.2) is 60.5 Å². The largest absolute Gasteiger partial charge is 0.480 e. The third-order valence-electron chi connectivity index (χ3n) is 10.4. The summed E-state index contributed by atoms with van der Waals surface area (Å²) >= 11 is 0. The molecule has 3 unspecified atom stereocenters. The van der Waals surface area contributed by atoms with E-state index in [1.807, 2.05) is 0 Å². The summed E-state index contributed by atoms with van der Waals surface area (Å²) < 4.78 is 33.4. The van der Waals surface area contributed by atoms with E-state index >= 15 is 0 Å². The van der Waals surface area contributed by atoms with E-state index in [1.54, 1.807) is 0 Å². The van der Waals surface area contributed by atoms with Gasteiger partial charge in [-0.15, -0.1) is 0 Å². The molecule has 0 aliphatic carbocycles. The number of carbonyl (C=O) groups excluding carboxylic acids is 1. The van der Waals surface area contributed by atoms with Crippen LogP contribution < -0.4 is 5.73 Å². The molecule has 0 aliphatic heterocycles. The van der Waals surface area contributed by atoms with Crippen molar-refractivity contribution in [2.45, 2.75) is 231 Å². The Morgan fingerprint density at radius 2 is 0.932 bits per heavy atom. The van der Waals surface area contributed by atoms with E-state index in [0.29, 0.717) is 13.0 Å². The molecule has 0 rings (SSSR count). The lowest BCUT2D eigenvalue weighted by atomic mass is 10.1. The van der Waals surface area contributed by atoms with E-state index in [1.165, 1.54) is 141 Å². The first kappa shape index (κ1) is 57.2. The van der Waals surface area contributed by atoms with Gasteiger partial charge in [0.2, 0.25) is 0 Å². The number of phosphoric acid groups is 1. The fraction of sp³-hybridized carbons (Fsp3) is 0.833. The van der Waals surface area contributed by atoms with Crippen molar-refractivity contribution in [3.05, 3.63) is 36.5 Å². The van der Waals surface area contributed by atoms with Gasteiger partial charge in [0, 0.05) is 13.0 Å². The van der Waals surface area contributed by atoms with E-state index < -0.39 is 45.1 Å². The number of allylic oxidation sites excluding steroid dienone is 6. The zero-order valence-electron chi connectivity index (χ0n) is 37.9. The molecule has 0 aromatic carbocycles. The van der Waals surface area contributed by atoms with Gasteiger partial charge in [-0.25, -0.2) is 4.57 Å². The van der Waals surface area contributed by atoms with E-state index in [0.717, 1.165) is 51.4 Å². The van der Waals surface area contributed by atoms with Crippen LogP contribution in [-0.2, 0) is 32.7 Å². The molecule has 0 saturated carbocycles. The van der Waals surface area contributed by atoms with Crippen LogP contribution >= 0.6 is 7.82 Å². The van der Waals surface area contributed by atoms with Crippen LogP contribution in [0.4, 0.5) is 0 Å². The number of esters is 1. The quantitative estimate of drug-likeness (QED) is 0.0233. The number of nitrogens with two attached hydrogens (primary N) is 1. The number of carboxylic acids is 1. The van der Waals surface area contributed by atoms with Gasteiger partial charge in [-0.1, -0.05) is 179 Å². The van der Waals surface area contributed by atoms with Gasteiger partial charge in [0.1, 0.15) is 12.1 Å². The SMILES string of the molecule is CCCCC/C=C\C/C=C\CCCCCCCCOCC(COP(=O)(O)OCC(N)C(=O)O)OC(=O)CCCCCCCCCCC/C=C\CCCCCCCCCC. The van der Waals surface area contributed by atoms with Crippen LogP contribution in [0.15, 0.2) is 36.5 Å². The van der Waals surface area contributed by atoms with E-state index in [2.05, 4.69) is 50.3 Å². The molecule has 4 N–H and O–H groups in total. The lowest BCUT2D eigenvalue weighted by Gasteiger charge is -2.20. The number of ether oxygens (including phenoxy) is 2.